The van der Waals surface area contributed by atoms with E-state index in [1.165, 1.54) is 10.4 Å². The van der Waals surface area contributed by atoms with Gasteiger partial charge in [0, 0.05) is 29.4 Å². The van der Waals surface area contributed by atoms with E-state index in [-0.39, 0.29) is 10.9 Å². The van der Waals surface area contributed by atoms with Crippen molar-refractivity contribution in [3.05, 3.63) is 53.1 Å². The number of nitrogens with one attached hydrogen (secondary N) is 2. The zero-order valence-corrected chi connectivity index (χ0v) is 21.8. The Hall–Kier alpha value is -2.84. The Morgan fingerprint density at radius 2 is 1.83 bits per heavy atom. The zero-order chi connectivity index (χ0) is 25.9. The lowest BCUT2D eigenvalue weighted by atomic mass is 9.86. The number of aliphatic imine (C=N–C) groups is 1. The molecular formula is C25H30ClN5O4S. The molecule has 3 N–H and O–H groups in total. The number of nitrogens with zero attached hydrogens (tertiary/aromatic N) is 3. The standard InChI is InChI=1S/C25H30ClN5O4S/c1-25(2)23(32)22(30-24(28-16-27)29-18-9-7-17(26)8-10-18)20-15-19(11-12-21(20)35-25)36(33,34)31-13-5-3-4-6-14-31/h7-12,15,22-23,32H,3-6,13-14H2,1-2H3,(H2,28,29,30). The van der Waals surface area contributed by atoms with Crippen molar-refractivity contribution >= 4 is 33.3 Å². The van der Waals surface area contributed by atoms with Gasteiger partial charge in [0.05, 0.1) is 10.9 Å². The third-order valence-electron chi connectivity index (χ3n) is 6.48. The summed E-state index contributed by atoms with van der Waals surface area (Å²) < 4.78 is 34.5. The SMILES string of the molecule is CC1(C)Oc2ccc(S(=O)(=O)N3CCCCCC3)cc2C(NC(=NC#N)Nc2ccc(Cl)cc2)C1O. The summed E-state index contributed by atoms with van der Waals surface area (Å²) in [6.07, 6.45) is 4.35. The normalized spacial score (nSPS) is 22.5. The van der Waals surface area contributed by atoms with Crippen LogP contribution in [0.25, 0.3) is 0 Å². The molecule has 2 aliphatic rings. The lowest BCUT2D eigenvalue weighted by Crippen LogP contribution is -2.54. The van der Waals surface area contributed by atoms with Crippen LogP contribution in [0.4, 0.5) is 5.69 Å². The highest BCUT2D eigenvalue weighted by atomic mass is 35.5. The fourth-order valence-electron chi connectivity index (χ4n) is 4.49. The van der Waals surface area contributed by atoms with Crippen molar-refractivity contribution in [2.75, 3.05) is 18.4 Å². The average molecular weight is 532 g/mol. The number of benzene rings is 2. The summed E-state index contributed by atoms with van der Waals surface area (Å²) in [6, 6.07) is 10.7. The lowest BCUT2D eigenvalue weighted by molar-refractivity contribution is -0.0611. The zero-order valence-electron chi connectivity index (χ0n) is 20.2. The van der Waals surface area contributed by atoms with E-state index in [0.717, 1.165) is 25.7 Å². The van der Waals surface area contributed by atoms with E-state index in [1.54, 1.807) is 56.4 Å². The fourth-order valence-corrected chi connectivity index (χ4v) is 6.17. The molecule has 0 radical (unpaired) electrons. The molecule has 2 aromatic carbocycles. The van der Waals surface area contributed by atoms with Crippen molar-refractivity contribution in [2.24, 2.45) is 4.99 Å². The van der Waals surface area contributed by atoms with Crippen LogP contribution >= 0.6 is 11.6 Å². The van der Waals surface area contributed by atoms with E-state index in [0.29, 0.717) is 35.1 Å². The van der Waals surface area contributed by atoms with Crippen LogP contribution in [0.2, 0.25) is 5.02 Å². The van der Waals surface area contributed by atoms with Crippen LogP contribution in [-0.4, -0.2) is 48.6 Å². The molecule has 9 nitrogen and oxygen atoms in total. The Morgan fingerprint density at radius 3 is 2.47 bits per heavy atom. The second-order valence-corrected chi connectivity index (χ2v) is 11.9. The van der Waals surface area contributed by atoms with E-state index in [4.69, 9.17) is 16.3 Å². The summed E-state index contributed by atoms with van der Waals surface area (Å²) in [4.78, 5) is 3.97. The number of guanidine groups is 1. The Labute approximate surface area is 216 Å². The minimum atomic E-state index is -3.72. The molecule has 4 rings (SSSR count). The van der Waals surface area contributed by atoms with Crippen LogP contribution < -0.4 is 15.4 Å². The van der Waals surface area contributed by atoms with Crippen molar-refractivity contribution in [3.63, 3.8) is 0 Å². The molecule has 2 aromatic rings. The maximum Gasteiger partial charge on any atom is 0.243 e. The van der Waals surface area contributed by atoms with Crippen molar-refractivity contribution in [1.82, 2.24) is 9.62 Å². The van der Waals surface area contributed by atoms with E-state index in [1.807, 2.05) is 0 Å². The summed E-state index contributed by atoms with van der Waals surface area (Å²) in [6.45, 7) is 4.45. The highest BCUT2D eigenvalue weighted by Crippen LogP contribution is 2.41. The van der Waals surface area contributed by atoms with Crippen molar-refractivity contribution in [3.8, 4) is 11.9 Å². The molecule has 2 heterocycles. The number of aliphatic hydroxyl groups is 1. The maximum atomic E-state index is 13.4. The smallest absolute Gasteiger partial charge is 0.243 e. The molecule has 1 fully saturated rings. The van der Waals surface area contributed by atoms with Gasteiger partial charge in [0.1, 0.15) is 17.5 Å². The minimum absolute atomic E-state index is 0.0910. The monoisotopic (exact) mass is 531 g/mol. The molecule has 2 unspecified atom stereocenters. The predicted molar refractivity (Wildman–Crippen MR) is 138 cm³/mol. The summed E-state index contributed by atoms with van der Waals surface area (Å²) in [7, 11) is -3.72. The molecule has 2 atom stereocenters. The number of nitriles is 1. The first-order valence-electron chi connectivity index (χ1n) is 11.9. The number of ether oxygens (including phenoxy) is 1. The molecule has 1 saturated heterocycles. The van der Waals surface area contributed by atoms with Gasteiger partial charge in [0.25, 0.3) is 0 Å². The maximum absolute atomic E-state index is 13.4. The van der Waals surface area contributed by atoms with Gasteiger partial charge < -0.3 is 20.5 Å². The van der Waals surface area contributed by atoms with Gasteiger partial charge >= 0.3 is 0 Å². The third-order valence-corrected chi connectivity index (χ3v) is 8.63. The van der Waals surface area contributed by atoms with E-state index < -0.39 is 27.8 Å². The first kappa shape index (κ1) is 26.2. The van der Waals surface area contributed by atoms with Crippen molar-refractivity contribution < 1.29 is 18.3 Å². The Morgan fingerprint density at radius 1 is 1.17 bits per heavy atom. The molecule has 192 valence electrons. The molecule has 0 amide bonds. The van der Waals surface area contributed by atoms with Crippen LogP contribution in [0.3, 0.4) is 0 Å². The van der Waals surface area contributed by atoms with Crippen LogP contribution in [0.1, 0.15) is 51.1 Å². The summed E-state index contributed by atoms with van der Waals surface area (Å²) in [5.41, 5.74) is 0.0918. The molecule has 0 bridgehead atoms. The van der Waals surface area contributed by atoms with Gasteiger partial charge in [-0.1, -0.05) is 24.4 Å². The summed E-state index contributed by atoms with van der Waals surface area (Å²) >= 11 is 5.96. The third kappa shape index (κ3) is 5.60. The highest BCUT2D eigenvalue weighted by Gasteiger charge is 2.44. The minimum Gasteiger partial charge on any atom is -0.485 e. The molecule has 2 aliphatic heterocycles. The van der Waals surface area contributed by atoms with Crippen LogP contribution in [0.15, 0.2) is 52.4 Å². The lowest BCUT2D eigenvalue weighted by Gasteiger charge is -2.42. The number of halogens is 1. The Balaban J connectivity index is 1.69. The number of hydrogen-bond donors (Lipinski definition) is 3. The summed E-state index contributed by atoms with van der Waals surface area (Å²) in [5, 5.41) is 27.1. The topological polar surface area (TPSA) is 127 Å². The number of aliphatic hydroxyl groups excluding tert-OH is 1. The van der Waals surface area contributed by atoms with Gasteiger partial charge in [-0.25, -0.2) is 8.42 Å². The second-order valence-electron chi connectivity index (χ2n) is 9.48. The van der Waals surface area contributed by atoms with Gasteiger partial charge in [-0.05, 0) is 69.2 Å². The number of hydrogen-bond acceptors (Lipinski definition) is 6. The molecule has 0 spiro atoms. The Bertz CT molecular complexity index is 1270. The first-order valence-corrected chi connectivity index (χ1v) is 13.7. The van der Waals surface area contributed by atoms with Crippen molar-refractivity contribution in [2.45, 2.75) is 62.2 Å². The quantitative estimate of drug-likeness (QED) is 0.309. The molecule has 0 aliphatic carbocycles. The molecule has 0 saturated carbocycles. The van der Waals surface area contributed by atoms with Gasteiger partial charge in [0.15, 0.2) is 0 Å². The van der Waals surface area contributed by atoms with Gasteiger partial charge in [-0.15, -0.1) is 4.99 Å². The largest absolute Gasteiger partial charge is 0.485 e. The van der Waals surface area contributed by atoms with Crippen LogP contribution in [-0.2, 0) is 10.0 Å². The first-order chi connectivity index (χ1) is 17.1. The van der Waals surface area contributed by atoms with E-state index in [9.17, 15) is 18.8 Å². The number of sulfonamides is 1. The number of fused-ring (bicyclic) bond motifs is 1. The van der Waals surface area contributed by atoms with E-state index >= 15 is 0 Å². The Kier molecular flexibility index (Phi) is 7.76. The average Bonchev–Trinajstić information content (AvgIpc) is 3.13. The van der Waals surface area contributed by atoms with Crippen LogP contribution in [0.5, 0.6) is 5.75 Å². The predicted octanol–water partition coefficient (Wildman–Crippen LogP) is 4.02. The summed E-state index contributed by atoms with van der Waals surface area (Å²) in [5.74, 6) is 0.536. The molecule has 0 aromatic heterocycles. The highest BCUT2D eigenvalue weighted by molar-refractivity contribution is 7.89. The van der Waals surface area contributed by atoms with Gasteiger partial charge in [-0.3, -0.25) is 0 Å². The van der Waals surface area contributed by atoms with E-state index in [2.05, 4.69) is 15.6 Å². The number of rotatable bonds is 4. The van der Waals surface area contributed by atoms with Gasteiger partial charge in [-0.2, -0.15) is 9.57 Å². The molecular weight excluding hydrogens is 502 g/mol. The number of anilines is 1. The van der Waals surface area contributed by atoms with Crippen LogP contribution in [0, 0.1) is 11.5 Å². The van der Waals surface area contributed by atoms with Crippen molar-refractivity contribution in [1.29, 1.82) is 5.26 Å². The second kappa shape index (κ2) is 10.6. The molecule has 11 heteroatoms. The molecule has 36 heavy (non-hydrogen) atoms. The van der Waals surface area contributed by atoms with Gasteiger partial charge in [0.2, 0.25) is 22.2 Å². The fraction of sp³-hybridized carbons (Fsp3) is 0.440.